The Morgan fingerprint density at radius 3 is 1.04 bits per heavy atom. The second kappa shape index (κ2) is 25.9. The molecule has 2 heterocycles. The number of rotatable bonds is 20. The first-order valence-corrected chi connectivity index (χ1v) is 31.5. The molecule has 4 aromatic carbocycles. The van der Waals surface area contributed by atoms with Crippen LogP contribution in [0.3, 0.4) is 0 Å². The number of hydrogen-bond donors (Lipinski definition) is 0. The van der Waals surface area contributed by atoms with Gasteiger partial charge in [-0.1, -0.05) is 145 Å². The summed E-state index contributed by atoms with van der Waals surface area (Å²) in [5, 5.41) is 0. The van der Waals surface area contributed by atoms with Crippen LogP contribution in [-0.4, -0.2) is 85.1 Å². The highest BCUT2D eigenvalue weighted by atomic mass is 31.2. The van der Waals surface area contributed by atoms with E-state index >= 15 is 0 Å². The van der Waals surface area contributed by atoms with Gasteiger partial charge in [-0.25, -0.2) is 9.34 Å². The van der Waals surface area contributed by atoms with E-state index in [0.717, 1.165) is 69.5 Å². The molecule has 0 amide bonds. The third-order valence-corrected chi connectivity index (χ3v) is 19.3. The zero-order valence-electron chi connectivity index (χ0n) is 53.5. The lowest BCUT2D eigenvalue weighted by Gasteiger charge is -2.36. The Kier molecular flexibility index (Phi) is 21.1. The van der Waals surface area contributed by atoms with Gasteiger partial charge < -0.3 is 37.0 Å². The van der Waals surface area contributed by atoms with E-state index in [0.29, 0.717) is 51.7 Å². The molecule has 0 aromatic heterocycles. The number of nitrogens with zero attached hydrogens (tertiary/aromatic N) is 2. The van der Waals surface area contributed by atoms with Gasteiger partial charge in [-0.05, 0) is 123 Å². The number of methoxy groups -OCH3 is 2. The van der Waals surface area contributed by atoms with Gasteiger partial charge in [0.05, 0.1) is 39.6 Å². The molecule has 81 heavy (non-hydrogen) atoms. The third-order valence-electron chi connectivity index (χ3n) is 15.3. The predicted octanol–water partition coefficient (Wildman–Crippen LogP) is 16.6. The molecule has 2 aliphatic rings. The molecule has 4 unspecified atom stereocenters. The van der Waals surface area contributed by atoms with E-state index in [-0.39, 0.29) is 62.3 Å². The van der Waals surface area contributed by atoms with Gasteiger partial charge in [-0.15, -0.1) is 0 Å². The molecular weight excluding hydrogens is 1050 g/mol. The first-order valence-electron chi connectivity index (χ1n) is 29.2. The Balaban J connectivity index is 1.05. The summed E-state index contributed by atoms with van der Waals surface area (Å²) in [5.41, 5.74) is 7.48. The summed E-state index contributed by atoms with van der Waals surface area (Å²) in [7, 11) is 0.00672. The van der Waals surface area contributed by atoms with Crippen LogP contribution in [0.15, 0.2) is 72.8 Å². The second-order valence-corrected chi connectivity index (χ2v) is 31.5. The Morgan fingerprint density at radius 1 is 0.481 bits per heavy atom. The van der Waals surface area contributed by atoms with Crippen molar-refractivity contribution in [3.63, 3.8) is 0 Å². The van der Waals surface area contributed by atoms with E-state index in [1.165, 1.54) is 25.3 Å². The highest BCUT2D eigenvalue weighted by Crippen LogP contribution is 2.58. The maximum atomic E-state index is 12.1. The summed E-state index contributed by atoms with van der Waals surface area (Å²) in [6.07, 6.45) is 3.15. The zero-order valence-corrected chi connectivity index (χ0v) is 55.3. The van der Waals surface area contributed by atoms with Crippen LogP contribution in [0.2, 0.25) is 0 Å². The fraction of sp³-hybridized carbons (Fsp3) is 0.612. The maximum absolute atomic E-state index is 12.1. The van der Waals surface area contributed by atoms with E-state index < -0.39 is 17.1 Å². The van der Waals surface area contributed by atoms with E-state index in [1.54, 1.807) is 0 Å². The molecule has 0 bridgehead atoms. The highest BCUT2D eigenvalue weighted by molar-refractivity contribution is 7.45. The quantitative estimate of drug-likeness (QED) is 0.0620. The van der Waals surface area contributed by atoms with Crippen LogP contribution in [0.25, 0.3) is 0 Å². The van der Waals surface area contributed by atoms with Gasteiger partial charge in [0.1, 0.15) is 23.0 Å². The number of hydrogen-bond acceptors (Lipinski definition) is 12. The minimum Gasteiger partial charge on any atom is -0.493 e. The van der Waals surface area contributed by atoms with Crippen LogP contribution in [0.4, 0.5) is 0 Å². The zero-order chi connectivity index (χ0) is 60.3. The molecule has 4 aromatic rings. The van der Waals surface area contributed by atoms with Crippen molar-refractivity contribution in [2.24, 2.45) is 0 Å². The van der Waals surface area contributed by atoms with Crippen molar-refractivity contribution in [2.75, 3.05) is 40.5 Å². The molecule has 2 saturated heterocycles. The average Bonchev–Trinajstić information content (AvgIpc) is 4.12. The van der Waals surface area contributed by atoms with Crippen molar-refractivity contribution in [1.29, 1.82) is 0 Å². The SMILES string of the molecule is COC(=O)CCc1cc(C(C)(C)C)c(OP2OC(CCOc3ccc(C(C)(C)c4ccc(OCCC5CN(C(C)(C)C)P(Oc6c(C(C)(C)C)cc(CCC(=O)OC)cc6C(C)(C)C)O5)cc4)cc3)CN2C(C)(C)C)c(C(C)(C)C)c1. The van der Waals surface area contributed by atoms with Crippen LogP contribution >= 0.6 is 17.1 Å². The van der Waals surface area contributed by atoms with E-state index in [9.17, 15) is 9.59 Å². The number of benzene rings is 4. The van der Waals surface area contributed by atoms with Crippen molar-refractivity contribution in [3.05, 3.63) is 117 Å². The number of aryl methyl sites for hydroxylation is 2. The van der Waals surface area contributed by atoms with Gasteiger partial charge in [0.15, 0.2) is 0 Å². The Bertz CT molecular complexity index is 2500. The van der Waals surface area contributed by atoms with Crippen LogP contribution in [0.5, 0.6) is 23.0 Å². The summed E-state index contributed by atoms with van der Waals surface area (Å²) in [5.74, 6) is 2.97. The lowest BCUT2D eigenvalue weighted by molar-refractivity contribution is -0.141. The van der Waals surface area contributed by atoms with Gasteiger partial charge in [0.2, 0.25) is 0 Å². The van der Waals surface area contributed by atoms with Crippen LogP contribution in [-0.2, 0) is 68.0 Å². The number of carbonyl (C=O) groups is 2. The smallest absolute Gasteiger partial charge is 0.321 e. The van der Waals surface area contributed by atoms with Gasteiger partial charge in [-0.3, -0.25) is 9.59 Å². The van der Waals surface area contributed by atoms with Crippen molar-refractivity contribution in [1.82, 2.24) is 9.34 Å². The summed E-state index contributed by atoms with van der Waals surface area (Å²) < 4.78 is 55.4. The maximum Gasteiger partial charge on any atom is 0.321 e. The fourth-order valence-electron chi connectivity index (χ4n) is 10.1. The van der Waals surface area contributed by atoms with Crippen molar-refractivity contribution in [2.45, 2.75) is 227 Å². The molecule has 0 N–H and O–H groups in total. The van der Waals surface area contributed by atoms with E-state index in [4.69, 9.17) is 37.0 Å². The Labute approximate surface area is 490 Å². The van der Waals surface area contributed by atoms with Gasteiger partial charge in [0, 0.05) is 77.5 Å². The molecule has 0 saturated carbocycles. The third kappa shape index (κ3) is 17.4. The van der Waals surface area contributed by atoms with Gasteiger partial charge in [0.25, 0.3) is 0 Å². The van der Waals surface area contributed by atoms with Gasteiger partial charge >= 0.3 is 29.0 Å². The van der Waals surface area contributed by atoms with Gasteiger partial charge in [-0.2, -0.15) is 0 Å². The monoisotopic (exact) mass is 1150 g/mol. The molecule has 2 aliphatic heterocycles. The predicted molar refractivity (Wildman–Crippen MR) is 331 cm³/mol. The van der Waals surface area contributed by atoms with Crippen molar-refractivity contribution in [3.8, 4) is 23.0 Å². The van der Waals surface area contributed by atoms with Crippen molar-refractivity contribution >= 4 is 29.0 Å². The lowest BCUT2D eigenvalue weighted by Crippen LogP contribution is -2.37. The van der Waals surface area contributed by atoms with Crippen molar-refractivity contribution < 1.29 is 46.6 Å². The molecular formula is C67H100N2O10P2. The minimum absolute atomic E-state index is 0.0641. The van der Waals surface area contributed by atoms with Crippen LogP contribution in [0.1, 0.15) is 209 Å². The Hall–Kier alpha value is -4.28. The molecule has 448 valence electrons. The topological polar surface area (TPSA) is 114 Å². The van der Waals surface area contributed by atoms with E-state index in [1.807, 2.05) is 0 Å². The summed E-state index contributed by atoms with van der Waals surface area (Å²) >= 11 is 0. The summed E-state index contributed by atoms with van der Waals surface area (Å²) in [4.78, 5) is 24.3. The normalized spacial score (nSPS) is 18.9. The summed E-state index contributed by atoms with van der Waals surface area (Å²) in [6.45, 7) is 46.8. The van der Waals surface area contributed by atoms with Crippen LogP contribution < -0.4 is 18.5 Å². The standard InChI is InChI=1S/C67H100N2O10P2/c1-61(2,3)53-39-45(23-33-57(70)72-21)40-54(62(4,5)6)59(53)78-80-68(65(13,14)15)43-51(76-80)35-37-74-49-29-25-47(26-30-49)67(19,20)48-27-31-50(32-28-48)75-38-36-52-44-69(66(16,17)18)81(77-52)79-60-55(63(7,8)9)41-46(24-34-58(71)73-22)42-56(60)64(10,11)12/h25-32,39-42,51-52H,23-24,33-38,43-44H2,1-22H3. The first kappa shape index (κ1) is 65.9. The largest absolute Gasteiger partial charge is 0.493 e. The minimum atomic E-state index is -1.44. The lowest BCUT2D eigenvalue weighted by atomic mass is 9.78. The number of esters is 2. The van der Waals surface area contributed by atoms with Crippen LogP contribution in [0, 0.1) is 0 Å². The molecule has 2 fully saturated rings. The molecule has 4 atom stereocenters. The molecule has 12 nitrogen and oxygen atoms in total. The molecule has 14 heteroatoms. The molecule has 6 rings (SSSR count). The molecule has 0 radical (unpaired) electrons. The second-order valence-electron chi connectivity index (χ2n) is 28.8. The summed E-state index contributed by atoms with van der Waals surface area (Å²) in [6, 6.07) is 25.8. The fourth-order valence-corrected chi connectivity index (χ4v) is 13.8. The average molecular weight is 1160 g/mol. The number of ether oxygens (including phenoxy) is 4. The van der Waals surface area contributed by atoms with E-state index in [2.05, 4.69) is 221 Å². The first-order chi connectivity index (χ1) is 37.4. The molecule has 0 aliphatic carbocycles. The molecule has 0 spiro atoms. The number of carbonyl (C=O) groups excluding carboxylic acids is 2. The Morgan fingerprint density at radius 2 is 0.778 bits per heavy atom. The highest BCUT2D eigenvalue weighted by Gasteiger charge is 2.46.